The first-order valence-electron chi connectivity index (χ1n) is 7.69. The van der Waals surface area contributed by atoms with Crippen LogP contribution < -0.4 is 5.32 Å². The molecular formula is C17H16N4O3. The lowest BCUT2D eigenvalue weighted by Gasteiger charge is -2.37. The zero-order valence-electron chi connectivity index (χ0n) is 12.8. The molecule has 2 aliphatic rings. The van der Waals surface area contributed by atoms with Crippen molar-refractivity contribution in [2.45, 2.75) is 25.3 Å². The second-order valence-electron chi connectivity index (χ2n) is 5.78. The number of carbonyl (C=O) groups excluding carboxylic acids is 2. The van der Waals surface area contributed by atoms with Crippen molar-refractivity contribution in [3.05, 3.63) is 60.1 Å². The number of nitrogens with zero attached hydrogens (tertiary/aromatic N) is 3. The third kappa shape index (κ3) is 2.54. The number of carbonyl (C=O) groups is 2. The molecule has 0 saturated carbocycles. The van der Waals surface area contributed by atoms with Crippen molar-refractivity contribution >= 4 is 18.3 Å². The van der Waals surface area contributed by atoms with Gasteiger partial charge in [-0.25, -0.2) is 9.79 Å². The van der Waals surface area contributed by atoms with Crippen molar-refractivity contribution < 1.29 is 14.0 Å². The SMILES string of the molecule is O=C1NC(=O)N(Cc2ccccc2)C2N=CN(Cc3ccco3)C12. The molecule has 0 spiro atoms. The van der Waals surface area contributed by atoms with Gasteiger partial charge >= 0.3 is 6.03 Å². The van der Waals surface area contributed by atoms with Crippen molar-refractivity contribution in [3.63, 3.8) is 0 Å². The second kappa shape index (κ2) is 5.84. The normalized spacial score (nSPS) is 22.7. The van der Waals surface area contributed by atoms with Gasteiger partial charge in [0.25, 0.3) is 5.91 Å². The molecule has 1 aromatic heterocycles. The maximum absolute atomic E-state index is 12.3. The highest BCUT2D eigenvalue weighted by Gasteiger charge is 2.46. The second-order valence-corrected chi connectivity index (χ2v) is 5.78. The van der Waals surface area contributed by atoms with Gasteiger partial charge in [-0.1, -0.05) is 30.3 Å². The predicted octanol–water partition coefficient (Wildman–Crippen LogP) is 1.57. The zero-order valence-corrected chi connectivity index (χ0v) is 12.8. The molecule has 7 heteroatoms. The summed E-state index contributed by atoms with van der Waals surface area (Å²) < 4.78 is 5.34. The molecule has 2 unspecified atom stereocenters. The van der Waals surface area contributed by atoms with Crippen LogP contribution in [-0.4, -0.2) is 40.3 Å². The van der Waals surface area contributed by atoms with Gasteiger partial charge in [0.2, 0.25) is 0 Å². The van der Waals surface area contributed by atoms with Crippen molar-refractivity contribution in [3.8, 4) is 0 Å². The largest absolute Gasteiger partial charge is 0.467 e. The molecule has 24 heavy (non-hydrogen) atoms. The molecule has 0 radical (unpaired) electrons. The van der Waals surface area contributed by atoms with Gasteiger partial charge in [-0.2, -0.15) is 0 Å². The topological polar surface area (TPSA) is 78.2 Å². The number of benzene rings is 1. The van der Waals surface area contributed by atoms with Crippen LogP contribution in [0.1, 0.15) is 11.3 Å². The fourth-order valence-electron chi connectivity index (χ4n) is 3.05. The van der Waals surface area contributed by atoms with Crippen molar-refractivity contribution in [1.82, 2.24) is 15.1 Å². The van der Waals surface area contributed by atoms with Gasteiger partial charge in [-0.3, -0.25) is 15.0 Å². The molecule has 1 aromatic carbocycles. The van der Waals surface area contributed by atoms with Gasteiger partial charge in [-0.15, -0.1) is 0 Å². The summed E-state index contributed by atoms with van der Waals surface area (Å²) in [4.78, 5) is 32.4. The first-order valence-corrected chi connectivity index (χ1v) is 7.69. The molecule has 7 nitrogen and oxygen atoms in total. The molecule has 2 aromatic rings. The van der Waals surface area contributed by atoms with E-state index in [9.17, 15) is 9.59 Å². The summed E-state index contributed by atoms with van der Waals surface area (Å²) in [5.41, 5.74) is 0.987. The Hall–Kier alpha value is -3.09. The minimum atomic E-state index is -0.545. The van der Waals surface area contributed by atoms with E-state index in [1.807, 2.05) is 36.4 Å². The van der Waals surface area contributed by atoms with Gasteiger partial charge in [0.15, 0.2) is 12.2 Å². The minimum absolute atomic E-state index is 0.335. The lowest BCUT2D eigenvalue weighted by Crippen LogP contribution is -2.63. The Balaban J connectivity index is 1.56. The van der Waals surface area contributed by atoms with Crippen LogP contribution >= 0.6 is 0 Å². The first-order chi connectivity index (χ1) is 11.7. The monoisotopic (exact) mass is 324 g/mol. The van der Waals surface area contributed by atoms with Crippen LogP contribution in [0, 0.1) is 0 Å². The molecule has 1 fully saturated rings. The molecular weight excluding hydrogens is 308 g/mol. The number of rotatable bonds is 4. The number of fused-ring (bicyclic) bond motifs is 1. The van der Waals surface area contributed by atoms with Crippen LogP contribution in [0.3, 0.4) is 0 Å². The number of aliphatic imine (C=N–C) groups is 1. The standard InChI is InChI=1S/C17H16N4O3/c22-16-14-15(18-11-20(14)10-13-7-4-8-24-13)21(17(23)19-16)9-12-5-2-1-3-6-12/h1-8,11,14-15H,9-10H2,(H,19,22,23). The summed E-state index contributed by atoms with van der Waals surface area (Å²) in [5, 5.41) is 2.43. The fraction of sp³-hybridized carbons (Fsp3) is 0.235. The Labute approximate surface area is 138 Å². The van der Waals surface area contributed by atoms with E-state index in [2.05, 4.69) is 10.3 Å². The quantitative estimate of drug-likeness (QED) is 0.926. The Morgan fingerprint density at radius 3 is 2.67 bits per heavy atom. The average Bonchev–Trinajstić information content (AvgIpc) is 3.23. The maximum Gasteiger partial charge on any atom is 0.326 e. The van der Waals surface area contributed by atoms with E-state index >= 15 is 0 Å². The summed E-state index contributed by atoms with van der Waals surface area (Å²) in [6.45, 7) is 0.825. The van der Waals surface area contributed by atoms with E-state index in [4.69, 9.17) is 4.42 Å². The molecule has 3 amide bonds. The van der Waals surface area contributed by atoms with E-state index in [0.717, 1.165) is 11.3 Å². The number of amides is 3. The molecule has 1 saturated heterocycles. The highest BCUT2D eigenvalue weighted by Crippen LogP contribution is 2.25. The summed E-state index contributed by atoms with van der Waals surface area (Å²) in [6.07, 6.45) is 2.68. The Morgan fingerprint density at radius 2 is 1.92 bits per heavy atom. The minimum Gasteiger partial charge on any atom is -0.467 e. The van der Waals surface area contributed by atoms with E-state index in [0.29, 0.717) is 13.1 Å². The van der Waals surface area contributed by atoms with Crippen LogP contribution in [0.4, 0.5) is 4.79 Å². The molecule has 1 N–H and O–H groups in total. The molecule has 0 aliphatic carbocycles. The summed E-state index contributed by atoms with van der Waals surface area (Å²) in [7, 11) is 0. The predicted molar refractivity (Wildman–Crippen MR) is 85.8 cm³/mol. The number of nitrogens with one attached hydrogen (secondary N) is 1. The van der Waals surface area contributed by atoms with Crippen LogP contribution in [-0.2, 0) is 17.9 Å². The number of furan rings is 1. The summed E-state index contributed by atoms with van der Waals surface area (Å²) in [6, 6.07) is 12.3. The van der Waals surface area contributed by atoms with Gasteiger partial charge < -0.3 is 9.32 Å². The summed E-state index contributed by atoms with van der Waals surface area (Å²) in [5.74, 6) is 0.403. The van der Waals surface area contributed by atoms with Crippen LogP contribution in [0.2, 0.25) is 0 Å². The number of urea groups is 1. The number of hydrogen-bond acceptors (Lipinski definition) is 5. The van der Waals surface area contributed by atoms with Crippen molar-refractivity contribution in [2.75, 3.05) is 0 Å². The van der Waals surface area contributed by atoms with Gasteiger partial charge in [-0.05, 0) is 17.7 Å². The molecule has 122 valence electrons. The third-order valence-electron chi connectivity index (χ3n) is 4.20. The zero-order chi connectivity index (χ0) is 16.5. The average molecular weight is 324 g/mol. The molecule has 0 bridgehead atoms. The van der Waals surface area contributed by atoms with Crippen molar-refractivity contribution in [2.24, 2.45) is 4.99 Å². The molecule has 2 atom stereocenters. The number of hydrogen-bond donors (Lipinski definition) is 1. The molecule has 3 heterocycles. The van der Waals surface area contributed by atoms with Gasteiger partial charge in [0.1, 0.15) is 5.76 Å². The fourth-order valence-corrected chi connectivity index (χ4v) is 3.05. The molecule has 2 aliphatic heterocycles. The maximum atomic E-state index is 12.3. The Kier molecular flexibility index (Phi) is 3.53. The lowest BCUT2D eigenvalue weighted by atomic mass is 10.1. The number of imide groups is 1. The van der Waals surface area contributed by atoms with E-state index in [-0.39, 0.29) is 5.91 Å². The van der Waals surface area contributed by atoms with E-state index in [1.165, 1.54) is 0 Å². The van der Waals surface area contributed by atoms with Gasteiger partial charge in [0.05, 0.1) is 19.1 Å². The van der Waals surface area contributed by atoms with Crippen LogP contribution in [0.25, 0.3) is 0 Å². The van der Waals surface area contributed by atoms with Crippen molar-refractivity contribution in [1.29, 1.82) is 0 Å². The van der Waals surface area contributed by atoms with Crippen LogP contribution in [0.5, 0.6) is 0 Å². The molecule has 4 rings (SSSR count). The van der Waals surface area contributed by atoms with Gasteiger partial charge in [0, 0.05) is 6.54 Å². The van der Waals surface area contributed by atoms with E-state index < -0.39 is 18.2 Å². The summed E-state index contributed by atoms with van der Waals surface area (Å²) >= 11 is 0. The third-order valence-corrected chi connectivity index (χ3v) is 4.20. The smallest absolute Gasteiger partial charge is 0.326 e. The Morgan fingerprint density at radius 1 is 1.08 bits per heavy atom. The first kappa shape index (κ1) is 14.5. The Bertz CT molecular complexity index is 772. The highest BCUT2D eigenvalue weighted by molar-refractivity contribution is 6.02. The van der Waals surface area contributed by atoms with E-state index in [1.54, 1.807) is 28.5 Å². The van der Waals surface area contributed by atoms with Crippen LogP contribution in [0.15, 0.2) is 58.1 Å². The highest BCUT2D eigenvalue weighted by atomic mass is 16.3. The lowest BCUT2D eigenvalue weighted by molar-refractivity contribution is -0.127.